The van der Waals surface area contributed by atoms with Gasteiger partial charge in [-0.15, -0.1) is 11.3 Å². The van der Waals surface area contributed by atoms with Crippen LogP contribution in [0.15, 0.2) is 71.7 Å². The van der Waals surface area contributed by atoms with Crippen LogP contribution >= 0.6 is 22.9 Å². The molecule has 3 heterocycles. The number of nitrogens with zero attached hydrogens (tertiary/aromatic N) is 2. The minimum atomic E-state index is -0.635. The number of fused-ring (bicyclic) bond motifs is 1. The van der Waals surface area contributed by atoms with E-state index < -0.39 is 11.8 Å². The third-order valence-corrected chi connectivity index (χ3v) is 7.47. The number of rotatable bonds is 5. The Balaban J connectivity index is 1.15. The maximum Gasteiger partial charge on any atom is 0.321 e. The van der Waals surface area contributed by atoms with Gasteiger partial charge in [-0.2, -0.15) is 0 Å². The van der Waals surface area contributed by atoms with Crippen LogP contribution in [0.5, 0.6) is 0 Å². The molecule has 4 aromatic rings. The number of hydrogen-bond acceptors (Lipinski definition) is 4. The van der Waals surface area contributed by atoms with E-state index in [9.17, 15) is 18.8 Å². The van der Waals surface area contributed by atoms with Gasteiger partial charge in [0.25, 0.3) is 11.5 Å². The van der Waals surface area contributed by atoms with Crippen molar-refractivity contribution in [2.75, 3.05) is 25.0 Å². The highest BCUT2D eigenvalue weighted by atomic mass is 35.5. The maximum absolute atomic E-state index is 14.7. The lowest BCUT2D eigenvalue weighted by molar-refractivity contribution is 0.0952. The van der Waals surface area contributed by atoms with Crippen molar-refractivity contribution < 1.29 is 14.0 Å². The highest BCUT2D eigenvalue weighted by Gasteiger charge is 2.27. The van der Waals surface area contributed by atoms with Gasteiger partial charge in [-0.05, 0) is 60.2 Å². The van der Waals surface area contributed by atoms with Crippen molar-refractivity contribution >= 4 is 50.6 Å². The summed E-state index contributed by atoms with van der Waals surface area (Å²) in [5.74, 6) is -0.695. The van der Waals surface area contributed by atoms with Crippen LogP contribution in [0.2, 0.25) is 5.02 Å². The Bertz CT molecular complexity index is 1520. The lowest BCUT2D eigenvalue weighted by Crippen LogP contribution is -2.35. The summed E-state index contributed by atoms with van der Waals surface area (Å²) in [6, 6.07) is 15.8. The van der Waals surface area contributed by atoms with Crippen LogP contribution < -0.4 is 16.2 Å². The molecular formula is C26H22ClFN4O3S. The van der Waals surface area contributed by atoms with Crippen molar-refractivity contribution in [1.82, 2.24) is 14.8 Å². The van der Waals surface area contributed by atoms with Crippen LogP contribution in [0.3, 0.4) is 0 Å². The van der Waals surface area contributed by atoms with Gasteiger partial charge in [0.2, 0.25) is 0 Å². The molecule has 0 bridgehead atoms. The predicted octanol–water partition coefficient (Wildman–Crippen LogP) is 5.13. The van der Waals surface area contributed by atoms with E-state index >= 15 is 0 Å². The van der Waals surface area contributed by atoms with Crippen molar-refractivity contribution in [3.05, 3.63) is 92.9 Å². The lowest BCUT2D eigenvalue weighted by Gasteiger charge is -2.18. The summed E-state index contributed by atoms with van der Waals surface area (Å²) >= 11 is 7.43. The van der Waals surface area contributed by atoms with Gasteiger partial charge in [-0.25, -0.2) is 9.18 Å². The Morgan fingerprint density at radius 3 is 2.78 bits per heavy atom. The number of carbonyl (C=O) groups is 2. The number of aromatic nitrogens is 1. The number of thiophene rings is 1. The fraction of sp³-hybridized carbons (Fsp3) is 0.192. The molecule has 36 heavy (non-hydrogen) atoms. The molecular weight excluding hydrogens is 503 g/mol. The van der Waals surface area contributed by atoms with E-state index in [2.05, 4.69) is 10.6 Å². The van der Waals surface area contributed by atoms with Crippen LogP contribution in [0.1, 0.15) is 16.1 Å². The summed E-state index contributed by atoms with van der Waals surface area (Å²) in [5, 5.41) is 7.11. The molecule has 2 N–H and O–H groups in total. The van der Waals surface area contributed by atoms with Gasteiger partial charge >= 0.3 is 6.03 Å². The average Bonchev–Trinajstić information content (AvgIpc) is 3.51. The Labute approximate surface area is 215 Å². The van der Waals surface area contributed by atoms with Crippen molar-refractivity contribution in [3.63, 3.8) is 0 Å². The van der Waals surface area contributed by atoms with Crippen molar-refractivity contribution in [1.29, 1.82) is 0 Å². The van der Waals surface area contributed by atoms with Gasteiger partial charge in [0, 0.05) is 47.7 Å². The highest BCUT2D eigenvalue weighted by molar-refractivity contribution is 7.20. The van der Waals surface area contributed by atoms with E-state index in [1.54, 1.807) is 35.4 Å². The van der Waals surface area contributed by atoms with Crippen LogP contribution in [-0.2, 0) is 0 Å². The predicted molar refractivity (Wildman–Crippen MR) is 140 cm³/mol. The average molecular weight is 525 g/mol. The number of anilines is 1. The maximum atomic E-state index is 14.7. The highest BCUT2D eigenvalue weighted by Crippen LogP contribution is 2.28. The molecule has 1 fully saturated rings. The fourth-order valence-corrected chi connectivity index (χ4v) is 5.36. The number of halogens is 2. The van der Waals surface area contributed by atoms with Crippen molar-refractivity contribution in [2.45, 2.75) is 6.42 Å². The first-order valence-electron chi connectivity index (χ1n) is 11.4. The quantitative estimate of drug-likeness (QED) is 0.380. The van der Waals surface area contributed by atoms with Crippen LogP contribution in [-0.4, -0.2) is 41.0 Å². The van der Waals surface area contributed by atoms with Crippen LogP contribution in [0.4, 0.5) is 14.9 Å². The minimum Gasteiger partial charge on any atom is -0.351 e. The number of carbonyl (C=O) groups excluding carboxylic acids is 2. The first-order chi connectivity index (χ1) is 17.4. The molecule has 1 saturated heterocycles. The van der Waals surface area contributed by atoms with E-state index in [1.165, 1.54) is 34.1 Å². The Morgan fingerprint density at radius 2 is 1.97 bits per heavy atom. The van der Waals surface area contributed by atoms with E-state index in [0.717, 1.165) is 16.5 Å². The van der Waals surface area contributed by atoms with Crippen molar-refractivity contribution in [2.24, 2.45) is 5.92 Å². The van der Waals surface area contributed by atoms with Gasteiger partial charge in [0.05, 0.1) is 16.3 Å². The Kier molecular flexibility index (Phi) is 6.75. The topological polar surface area (TPSA) is 83.4 Å². The molecule has 3 amide bonds. The van der Waals surface area contributed by atoms with Gasteiger partial charge in [0.1, 0.15) is 5.82 Å². The van der Waals surface area contributed by atoms with Gasteiger partial charge in [0.15, 0.2) is 0 Å². The molecule has 184 valence electrons. The zero-order chi connectivity index (χ0) is 25.2. The first kappa shape index (κ1) is 24.0. The molecule has 1 atom stereocenters. The third-order valence-electron chi connectivity index (χ3n) is 6.12. The molecule has 0 radical (unpaired) electrons. The number of urea groups is 1. The number of pyridine rings is 1. The van der Waals surface area contributed by atoms with E-state index in [1.807, 2.05) is 18.2 Å². The second-order valence-electron chi connectivity index (χ2n) is 8.61. The standard InChI is InChI=1S/C26H22ClFN4O3S/c27-18-4-7-22-17(11-18)12-23(36-22)25(34)29-14-16-8-10-31(15-16)26(35)30-21-6-5-19(13-20(21)28)32-9-2-1-3-24(32)33/h1-7,9,11-13,16H,8,10,14-15H2,(H,29,34)(H,30,35)/t16-/m1/s1. The molecule has 0 saturated carbocycles. The van der Waals surface area contributed by atoms with Crippen LogP contribution in [0, 0.1) is 11.7 Å². The number of likely N-dealkylation sites (tertiary alicyclic amines) is 1. The molecule has 7 nitrogen and oxygen atoms in total. The Hall–Kier alpha value is -3.69. The van der Waals surface area contributed by atoms with Crippen molar-refractivity contribution in [3.8, 4) is 5.69 Å². The fourth-order valence-electron chi connectivity index (χ4n) is 4.22. The smallest absolute Gasteiger partial charge is 0.321 e. The van der Waals surface area contributed by atoms with E-state index in [-0.39, 0.29) is 23.1 Å². The summed E-state index contributed by atoms with van der Waals surface area (Å²) in [6.07, 6.45) is 2.28. The number of benzene rings is 2. The zero-order valence-electron chi connectivity index (χ0n) is 19.0. The zero-order valence-corrected chi connectivity index (χ0v) is 20.6. The Morgan fingerprint density at radius 1 is 1.11 bits per heavy atom. The van der Waals surface area contributed by atoms with Gasteiger partial charge < -0.3 is 15.5 Å². The largest absolute Gasteiger partial charge is 0.351 e. The van der Waals surface area contributed by atoms with E-state index in [4.69, 9.17) is 11.6 Å². The lowest BCUT2D eigenvalue weighted by atomic mass is 10.1. The molecule has 5 rings (SSSR count). The molecule has 2 aromatic carbocycles. The molecule has 1 aliphatic heterocycles. The summed E-state index contributed by atoms with van der Waals surface area (Å²) in [4.78, 5) is 39.5. The van der Waals surface area contributed by atoms with E-state index in [0.29, 0.717) is 35.2 Å². The van der Waals surface area contributed by atoms with Gasteiger partial charge in [-0.3, -0.25) is 14.2 Å². The number of hydrogen-bond donors (Lipinski definition) is 2. The molecule has 2 aromatic heterocycles. The summed E-state index contributed by atoms with van der Waals surface area (Å²) in [6.45, 7) is 1.40. The molecule has 10 heteroatoms. The summed E-state index contributed by atoms with van der Waals surface area (Å²) in [7, 11) is 0. The third kappa shape index (κ3) is 5.12. The molecule has 0 aliphatic carbocycles. The van der Waals surface area contributed by atoms with Crippen LogP contribution in [0.25, 0.3) is 15.8 Å². The number of amides is 3. The molecule has 0 spiro atoms. The summed E-state index contributed by atoms with van der Waals surface area (Å²) in [5.41, 5.74) is 0.129. The number of nitrogens with one attached hydrogen (secondary N) is 2. The second-order valence-corrected chi connectivity index (χ2v) is 10.1. The second kappa shape index (κ2) is 10.1. The summed E-state index contributed by atoms with van der Waals surface area (Å²) < 4.78 is 17.0. The SMILES string of the molecule is O=C(NC[C@H]1CCN(C(=O)Nc2ccc(-n3ccccc3=O)cc2F)C1)c1cc2cc(Cl)ccc2s1. The monoisotopic (exact) mass is 524 g/mol. The minimum absolute atomic E-state index is 0.0364. The normalized spacial score (nSPS) is 15.3. The molecule has 1 aliphatic rings. The van der Waals surface area contributed by atoms with Gasteiger partial charge in [-0.1, -0.05) is 17.7 Å². The molecule has 0 unspecified atom stereocenters. The first-order valence-corrected chi connectivity index (χ1v) is 12.6.